The lowest BCUT2D eigenvalue weighted by atomic mass is 10.1. The summed E-state index contributed by atoms with van der Waals surface area (Å²) in [6.45, 7) is 3.31. The normalized spacial score (nSPS) is 17.5. The van der Waals surface area contributed by atoms with Crippen LogP contribution in [0.5, 0.6) is 11.5 Å². The number of carbonyl (C=O) groups is 2. The Balaban J connectivity index is 0.00000261. The van der Waals surface area contributed by atoms with E-state index in [1.165, 1.54) is 0 Å². The third kappa shape index (κ3) is 5.24. The monoisotopic (exact) mass is 399 g/mol. The largest absolute Gasteiger partial charge is 0.454 e. The van der Waals surface area contributed by atoms with Crippen LogP contribution in [-0.4, -0.2) is 69.4 Å². The second kappa shape index (κ2) is 10.3. The van der Waals surface area contributed by atoms with Gasteiger partial charge < -0.3 is 29.7 Å². The molecule has 9 heteroatoms. The van der Waals surface area contributed by atoms with Gasteiger partial charge in [0.2, 0.25) is 12.7 Å². The minimum atomic E-state index is -0.424. The first-order valence-electron chi connectivity index (χ1n) is 8.88. The lowest BCUT2D eigenvalue weighted by Crippen LogP contribution is -2.47. The van der Waals surface area contributed by atoms with Crippen molar-refractivity contribution in [1.82, 2.24) is 15.5 Å². The molecule has 0 radical (unpaired) electrons. The van der Waals surface area contributed by atoms with Crippen LogP contribution in [0.25, 0.3) is 0 Å². The highest BCUT2D eigenvalue weighted by molar-refractivity contribution is 5.98. The van der Waals surface area contributed by atoms with Crippen molar-refractivity contribution in [2.75, 3.05) is 46.7 Å². The van der Waals surface area contributed by atoms with Gasteiger partial charge in [0.25, 0.3) is 5.91 Å². The molecule has 2 heterocycles. The minimum absolute atomic E-state index is 0. The van der Waals surface area contributed by atoms with Crippen LogP contribution in [0.4, 0.5) is 0 Å². The summed E-state index contributed by atoms with van der Waals surface area (Å²) in [6, 6.07) is 4.69. The molecule has 1 saturated heterocycles. The molecule has 1 aromatic carbocycles. The van der Waals surface area contributed by atoms with Crippen LogP contribution in [0.1, 0.15) is 23.2 Å². The van der Waals surface area contributed by atoms with E-state index < -0.39 is 6.04 Å². The molecule has 1 aromatic rings. The Kier molecular flexibility index (Phi) is 8.15. The van der Waals surface area contributed by atoms with Crippen LogP contribution in [-0.2, 0) is 9.53 Å². The Bertz CT molecular complexity index is 658. The molecule has 1 fully saturated rings. The summed E-state index contributed by atoms with van der Waals surface area (Å²) in [5.41, 5.74) is 0.509. The van der Waals surface area contributed by atoms with Crippen LogP contribution in [0, 0.1) is 0 Å². The number of rotatable bonds is 8. The number of carbonyl (C=O) groups excluding carboxylic acids is 2. The average molecular weight is 400 g/mol. The Morgan fingerprint density at radius 1 is 1.22 bits per heavy atom. The predicted molar refractivity (Wildman–Crippen MR) is 102 cm³/mol. The number of nitrogens with one attached hydrogen (secondary N) is 2. The van der Waals surface area contributed by atoms with Gasteiger partial charge in [0.05, 0.1) is 6.61 Å². The van der Waals surface area contributed by atoms with Crippen molar-refractivity contribution in [3.63, 3.8) is 0 Å². The zero-order valence-electron chi connectivity index (χ0n) is 15.4. The molecule has 3 rings (SSSR count). The Hall–Kier alpha value is -2.03. The second-order valence-corrected chi connectivity index (χ2v) is 6.26. The van der Waals surface area contributed by atoms with Gasteiger partial charge in [0.1, 0.15) is 6.04 Å². The molecule has 0 aromatic heterocycles. The summed E-state index contributed by atoms with van der Waals surface area (Å²) in [6.07, 6.45) is 1.50. The third-order valence-electron chi connectivity index (χ3n) is 4.52. The highest BCUT2D eigenvalue weighted by Gasteiger charge is 2.34. The maximum Gasteiger partial charge on any atom is 0.254 e. The zero-order valence-corrected chi connectivity index (χ0v) is 16.2. The number of ether oxygens (including phenoxy) is 3. The number of fused-ring (bicyclic) bond motifs is 1. The maximum absolute atomic E-state index is 12.8. The second-order valence-electron chi connectivity index (χ2n) is 6.26. The van der Waals surface area contributed by atoms with Gasteiger partial charge in [0.15, 0.2) is 11.5 Å². The standard InChI is InChI=1S/C18H25N3O5.ClH/c1-24-10-8-19-6-7-20-17(22)14-3-2-9-21(14)18(23)13-4-5-15-16(11-13)26-12-25-15;/h4-5,11,14,19H,2-3,6-10,12H2,1H3,(H,20,22);1H. The molecule has 0 bridgehead atoms. The van der Waals surface area contributed by atoms with Crippen molar-refractivity contribution in [3.05, 3.63) is 23.8 Å². The number of likely N-dealkylation sites (tertiary alicyclic amines) is 1. The fraction of sp³-hybridized carbons (Fsp3) is 0.556. The first-order chi connectivity index (χ1) is 12.7. The van der Waals surface area contributed by atoms with Crippen molar-refractivity contribution in [3.8, 4) is 11.5 Å². The molecular formula is C18H26ClN3O5. The molecule has 2 amide bonds. The third-order valence-corrected chi connectivity index (χ3v) is 4.52. The van der Waals surface area contributed by atoms with E-state index in [1.54, 1.807) is 30.2 Å². The van der Waals surface area contributed by atoms with Gasteiger partial charge in [-0.15, -0.1) is 12.4 Å². The number of halogens is 1. The lowest BCUT2D eigenvalue weighted by molar-refractivity contribution is -0.124. The van der Waals surface area contributed by atoms with E-state index >= 15 is 0 Å². The van der Waals surface area contributed by atoms with E-state index in [1.807, 2.05) is 0 Å². The fourth-order valence-corrected chi connectivity index (χ4v) is 3.17. The summed E-state index contributed by atoms with van der Waals surface area (Å²) < 4.78 is 15.6. The Morgan fingerprint density at radius 3 is 2.85 bits per heavy atom. The van der Waals surface area contributed by atoms with E-state index in [0.29, 0.717) is 49.7 Å². The molecule has 27 heavy (non-hydrogen) atoms. The number of amides is 2. The fourth-order valence-electron chi connectivity index (χ4n) is 3.17. The molecule has 0 saturated carbocycles. The smallest absolute Gasteiger partial charge is 0.254 e. The molecule has 0 spiro atoms. The number of hydrogen-bond donors (Lipinski definition) is 2. The van der Waals surface area contributed by atoms with E-state index in [0.717, 1.165) is 13.0 Å². The van der Waals surface area contributed by atoms with Crippen LogP contribution < -0.4 is 20.1 Å². The van der Waals surface area contributed by atoms with Crippen molar-refractivity contribution >= 4 is 24.2 Å². The van der Waals surface area contributed by atoms with Gasteiger partial charge >= 0.3 is 0 Å². The SMILES string of the molecule is COCCNCCNC(=O)C1CCCN1C(=O)c1ccc2c(c1)OCO2.Cl. The Labute approximate surface area is 164 Å². The summed E-state index contributed by atoms with van der Waals surface area (Å²) in [4.78, 5) is 26.9. The molecule has 2 aliphatic rings. The number of benzene rings is 1. The molecule has 2 aliphatic heterocycles. The molecular weight excluding hydrogens is 374 g/mol. The van der Waals surface area contributed by atoms with Gasteiger partial charge in [-0.3, -0.25) is 9.59 Å². The predicted octanol–water partition coefficient (Wildman–Crippen LogP) is 0.794. The van der Waals surface area contributed by atoms with Gasteiger partial charge in [-0.25, -0.2) is 0 Å². The van der Waals surface area contributed by atoms with Crippen LogP contribution >= 0.6 is 12.4 Å². The Morgan fingerprint density at radius 2 is 2.04 bits per heavy atom. The van der Waals surface area contributed by atoms with E-state index in [2.05, 4.69) is 10.6 Å². The van der Waals surface area contributed by atoms with Crippen molar-refractivity contribution < 1.29 is 23.8 Å². The topological polar surface area (TPSA) is 89.1 Å². The summed E-state index contributed by atoms with van der Waals surface area (Å²) >= 11 is 0. The van der Waals surface area contributed by atoms with Crippen LogP contribution in [0.3, 0.4) is 0 Å². The minimum Gasteiger partial charge on any atom is -0.454 e. The number of hydrogen-bond acceptors (Lipinski definition) is 6. The van der Waals surface area contributed by atoms with Crippen LogP contribution in [0.15, 0.2) is 18.2 Å². The molecule has 8 nitrogen and oxygen atoms in total. The van der Waals surface area contributed by atoms with Crippen molar-refractivity contribution in [2.45, 2.75) is 18.9 Å². The summed E-state index contributed by atoms with van der Waals surface area (Å²) in [7, 11) is 1.65. The maximum atomic E-state index is 12.8. The molecule has 2 N–H and O–H groups in total. The highest BCUT2D eigenvalue weighted by atomic mass is 35.5. The van der Waals surface area contributed by atoms with Gasteiger partial charge in [0, 0.05) is 38.9 Å². The number of methoxy groups -OCH3 is 1. The van der Waals surface area contributed by atoms with E-state index in [-0.39, 0.29) is 31.0 Å². The first kappa shape index (κ1) is 21.3. The zero-order chi connectivity index (χ0) is 18.4. The van der Waals surface area contributed by atoms with Crippen molar-refractivity contribution in [1.29, 1.82) is 0 Å². The molecule has 1 atom stereocenters. The van der Waals surface area contributed by atoms with Gasteiger partial charge in [-0.05, 0) is 31.0 Å². The van der Waals surface area contributed by atoms with Crippen molar-refractivity contribution in [2.24, 2.45) is 0 Å². The summed E-state index contributed by atoms with van der Waals surface area (Å²) in [5.74, 6) is 0.945. The molecule has 1 unspecified atom stereocenters. The summed E-state index contributed by atoms with van der Waals surface area (Å²) in [5, 5.41) is 6.07. The van der Waals surface area contributed by atoms with E-state index in [4.69, 9.17) is 14.2 Å². The van der Waals surface area contributed by atoms with Crippen LogP contribution in [0.2, 0.25) is 0 Å². The lowest BCUT2D eigenvalue weighted by Gasteiger charge is -2.24. The van der Waals surface area contributed by atoms with E-state index in [9.17, 15) is 9.59 Å². The number of nitrogens with zero attached hydrogens (tertiary/aromatic N) is 1. The highest BCUT2D eigenvalue weighted by Crippen LogP contribution is 2.33. The molecule has 0 aliphatic carbocycles. The quantitative estimate of drug-likeness (QED) is 0.628. The van der Waals surface area contributed by atoms with Gasteiger partial charge in [-0.1, -0.05) is 0 Å². The first-order valence-corrected chi connectivity index (χ1v) is 8.88. The van der Waals surface area contributed by atoms with Gasteiger partial charge in [-0.2, -0.15) is 0 Å². The average Bonchev–Trinajstić information content (AvgIpc) is 3.32. The molecule has 150 valence electrons.